The van der Waals surface area contributed by atoms with Gasteiger partial charge in [-0.2, -0.15) is 21.8 Å². The van der Waals surface area contributed by atoms with Crippen molar-refractivity contribution in [2.45, 2.75) is 51.7 Å². The van der Waals surface area contributed by atoms with E-state index in [9.17, 15) is 4.57 Å². The monoisotopic (exact) mass is 714 g/mol. The van der Waals surface area contributed by atoms with Gasteiger partial charge in [0.25, 0.3) is 0 Å². The van der Waals surface area contributed by atoms with Crippen molar-refractivity contribution in [3.05, 3.63) is 131 Å². The summed E-state index contributed by atoms with van der Waals surface area (Å²) < 4.78 is 25.4. The van der Waals surface area contributed by atoms with Crippen molar-refractivity contribution in [2.24, 2.45) is 0 Å². The second-order valence-corrected chi connectivity index (χ2v) is 18.0. The van der Waals surface area contributed by atoms with Gasteiger partial charge >= 0.3 is 8.25 Å². The smallest absolute Gasteiger partial charge is 0.319 e. The van der Waals surface area contributed by atoms with Crippen LogP contribution in [0.4, 0.5) is 0 Å². The summed E-state index contributed by atoms with van der Waals surface area (Å²) in [6, 6.07) is 24.5. The molecule has 0 aliphatic rings. The average molecular weight is 715 g/mol. The Balaban J connectivity index is 1.15. The zero-order chi connectivity index (χ0) is 32.6. The number of pyridine rings is 2. The van der Waals surface area contributed by atoms with E-state index >= 15 is 0 Å². The summed E-state index contributed by atoms with van der Waals surface area (Å²) in [5.41, 5.74) is 6.69. The average Bonchev–Trinajstić information content (AvgIpc) is 3.10. The number of thiocarbonyl (C=S) groups is 2. The van der Waals surface area contributed by atoms with Crippen LogP contribution < -0.4 is 10.6 Å². The predicted octanol–water partition coefficient (Wildman–Crippen LogP) is 7.79. The molecule has 0 amide bonds. The van der Waals surface area contributed by atoms with Gasteiger partial charge in [0.15, 0.2) is 0 Å². The fraction of sp³-hybridized carbons (Fsp3) is 0.294. The molecule has 0 fully saturated rings. The van der Waals surface area contributed by atoms with Gasteiger partial charge in [0, 0.05) is 49.4 Å². The first-order valence-corrected chi connectivity index (χ1v) is 20.7. The first-order chi connectivity index (χ1) is 22.4. The molecule has 46 heavy (non-hydrogen) atoms. The summed E-state index contributed by atoms with van der Waals surface area (Å²) in [5, 5.41) is 6.85. The van der Waals surface area contributed by atoms with Gasteiger partial charge in [-0.25, -0.2) is 0 Å². The van der Waals surface area contributed by atoms with Crippen molar-refractivity contribution >= 4 is 63.1 Å². The Bertz CT molecular complexity index is 1420. The van der Waals surface area contributed by atoms with Gasteiger partial charge in [0.1, 0.15) is 8.64 Å². The van der Waals surface area contributed by atoms with Crippen LogP contribution in [-0.2, 0) is 51.4 Å². The normalized spacial score (nSPS) is 13.8. The molecule has 4 aromatic rings. The highest BCUT2D eigenvalue weighted by Crippen LogP contribution is 2.33. The van der Waals surface area contributed by atoms with Crippen molar-refractivity contribution in [2.75, 3.05) is 11.5 Å². The number of aromatic nitrogens is 2. The molecule has 2 N–H and O–H groups in total. The summed E-state index contributed by atoms with van der Waals surface area (Å²) in [6.07, 6.45) is 7.17. The Morgan fingerprint density at radius 1 is 0.609 bits per heavy atom. The molecule has 0 radical (unpaired) electrons. The molecule has 0 aliphatic heterocycles. The number of hydrogen-bond donors (Lipinski definition) is 4. The topological polar surface area (TPSA) is 85.4 Å². The Morgan fingerprint density at radius 2 is 0.957 bits per heavy atom. The molecule has 2 unspecified atom stereocenters. The molecular formula is C34H43N4O3PS4. The van der Waals surface area contributed by atoms with E-state index in [1.807, 2.05) is 48.5 Å². The van der Waals surface area contributed by atoms with Crippen LogP contribution in [0.2, 0.25) is 0 Å². The largest absolute Gasteiger partial charge is 0.368 e. The Hall–Kier alpha value is -2.63. The van der Waals surface area contributed by atoms with E-state index in [1.54, 1.807) is 24.8 Å². The van der Waals surface area contributed by atoms with Gasteiger partial charge in [-0.3, -0.25) is 14.5 Å². The van der Waals surface area contributed by atoms with E-state index in [-0.39, 0.29) is 13.2 Å². The predicted molar refractivity (Wildman–Crippen MR) is 205 cm³/mol. The Morgan fingerprint density at radius 3 is 1.30 bits per heavy atom. The molecule has 7 nitrogen and oxygen atoms in total. The maximum absolute atomic E-state index is 12.5. The third-order valence-corrected chi connectivity index (χ3v) is 14.3. The molecular weight excluding hydrogens is 672 g/mol. The first-order valence-electron chi connectivity index (χ1n) is 15.2. The Labute approximate surface area is 290 Å². The molecule has 0 saturated carbocycles. The molecule has 0 aliphatic carbocycles. The Kier molecular flexibility index (Phi) is 15.7. The lowest BCUT2D eigenvalue weighted by molar-refractivity contribution is 0.213. The van der Waals surface area contributed by atoms with Crippen molar-refractivity contribution < 1.29 is 13.6 Å². The first kappa shape index (κ1) is 36.2. The quantitative estimate of drug-likeness (QED) is 0.0528. The SMILES string of the molecule is CC[SH](Cc1ccc(CO[PH](=O)OCc2ccc(C[SH](CC)C(=S)NCc3ccncc3)cc2)cc1)C(=S)NCc1ccncc1. The molecule has 2 heterocycles. The zero-order valence-electron chi connectivity index (χ0n) is 26.2. The number of benzene rings is 2. The van der Waals surface area contributed by atoms with Crippen LogP contribution in [0.15, 0.2) is 97.6 Å². The summed E-state index contributed by atoms with van der Waals surface area (Å²) in [5.74, 6) is 3.88. The second kappa shape index (κ2) is 19.9. The number of nitrogens with zero attached hydrogens (tertiary/aromatic N) is 2. The van der Waals surface area contributed by atoms with Crippen LogP contribution >= 0.6 is 54.5 Å². The van der Waals surface area contributed by atoms with Crippen molar-refractivity contribution in [1.82, 2.24) is 20.6 Å². The van der Waals surface area contributed by atoms with Crippen molar-refractivity contribution in [3.8, 4) is 0 Å². The van der Waals surface area contributed by atoms with Gasteiger partial charge in [0.2, 0.25) is 0 Å². The summed E-state index contributed by atoms with van der Waals surface area (Å²) in [4.78, 5) is 8.13. The van der Waals surface area contributed by atoms with Gasteiger partial charge in [-0.1, -0.05) is 86.8 Å². The van der Waals surface area contributed by atoms with Gasteiger partial charge in [0.05, 0.1) is 13.2 Å². The third kappa shape index (κ3) is 12.5. The van der Waals surface area contributed by atoms with Crippen molar-refractivity contribution in [1.29, 1.82) is 0 Å². The lowest BCUT2D eigenvalue weighted by Crippen LogP contribution is -2.22. The molecule has 0 spiro atoms. The van der Waals surface area contributed by atoms with Crippen LogP contribution in [0.1, 0.15) is 47.2 Å². The molecule has 246 valence electrons. The maximum atomic E-state index is 12.5. The number of rotatable bonds is 16. The highest BCUT2D eigenvalue weighted by Gasteiger charge is 2.11. The summed E-state index contributed by atoms with van der Waals surface area (Å²) in [7, 11) is -3.57. The van der Waals surface area contributed by atoms with Gasteiger partial charge in [-0.15, -0.1) is 0 Å². The van der Waals surface area contributed by atoms with E-state index in [0.29, 0.717) is 13.1 Å². The van der Waals surface area contributed by atoms with Crippen LogP contribution in [-0.4, -0.2) is 30.1 Å². The van der Waals surface area contributed by atoms with Crippen LogP contribution in [0.25, 0.3) is 0 Å². The van der Waals surface area contributed by atoms with Crippen molar-refractivity contribution in [3.63, 3.8) is 0 Å². The molecule has 4 rings (SSSR count). The van der Waals surface area contributed by atoms with E-state index in [0.717, 1.165) is 53.9 Å². The summed E-state index contributed by atoms with van der Waals surface area (Å²) in [6.45, 7) is 6.27. The van der Waals surface area contributed by atoms with Crippen LogP contribution in [0, 0.1) is 0 Å². The van der Waals surface area contributed by atoms with E-state index in [1.165, 1.54) is 11.1 Å². The maximum Gasteiger partial charge on any atom is 0.319 e. The fourth-order valence-corrected chi connectivity index (χ4v) is 9.66. The molecule has 0 saturated heterocycles. The lowest BCUT2D eigenvalue weighted by Gasteiger charge is -2.22. The van der Waals surface area contributed by atoms with Crippen LogP contribution in [0.3, 0.4) is 0 Å². The fourth-order valence-electron chi connectivity index (χ4n) is 4.48. The molecule has 2 atom stereocenters. The second-order valence-electron chi connectivity index (χ2n) is 10.5. The van der Waals surface area contributed by atoms with Gasteiger partial charge in [-0.05, 0) is 69.2 Å². The standard InChI is InChI=1S/C34H43N4O3PS4/c1-3-45(33(43)37-21-27-13-17-35-18-14-27)25-31-9-5-29(6-10-31)23-40-42(39)41-24-30-7-11-32(12-8-30)26-46(4-2)34(44)38-22-28-15-19-36-20-16-28/h5-20,42,45-46H,3-4,21-26H2,1-2H3,(H,37,43)(H,38,44). The minimum Gasteiger partial charge on any atom is -0.368 e. The summed E-state index contributed by atoms with van der Waals surface area (Å²) >= 11 is 11.4. The van der Waals surface area contributed by atoms with E-state index in [2.05, 4.69) is 58.7 Å². The third-order valence-electron chi connectivity index (χ3n) is 7.23. The molecule has 12 heteroatoms. The number of hydrogen-bond acceptors (Lipinski definition) is 7. The zero-order valence-corrected chi connectivity index (χ0v) is 30.6. The number of nitrogens with one attached hydrogen (secondary N) is 2. The van der Waals surface area contributed by atoms with E-state index in [4.69, 9.17) is 33.5 Å². The molecule has 2 aromatic heterocycles. The molecule has 0 bridgehead atoms. The lowest BCUT2D eigenvalue weighted by atomic mass is 10.2. The number of thiol groups is 2. The minimum absolute atomic E-state index is 0.237. The van der Waals surface area contributed by atoms with Crippen LogP contribution in [0.5, 0.6) is 0 Å². The minimum atomic E-state index is -2.63. The van der Waals surface area contributed by atoms with E-state index < -0.39 is 30.0 Å². The highest BCUT2D eigenvalue weighted by molar-refractivity contribution is 8.36. The van der Waals surface area contributed by atoms with Gasteiger partial charge < -0.3 is 19.7 Å². The highest BCUT2D eigenvalue weighted by atomic mass is 32.2. The molecule has 2 aromatic carbocycles.